The van der Waals surface area contributed by atoms with Crippen molar-refractivity contribution in [3.8, 4) is 17.1 Å². The van der Waals surface area contributed by atoms with Crippen LogP contribution in [0.25, 0.3) is 11.4 Å². The van der Waals surface area contributed by atoms with Gasteiger partial charge in [0, 0.05) is 13.1 Å². The first-order chi connectivity index (χ1) is 13.7. The maximum atomic E-state index is 12.7. The monoisotopic (exact) mass is 395 g/mol. The summed E-state index contributed by atoms with van der Waals surface area (Å²) >= 11 is 1.29. The SMILES string of the molecule is COc1ccccc1-c1nnc(SCC(=O)N2CCc3ccccc3C2)n1N. The Morgan fingerprint density at radius 2 is 1.89 bits per heavy atom. The van der Waals surface area contributed by atoms with Crippen molar-refractivity contribution in [2.24, 2.45) is 0 Å². The number of hydrogen-bond donors (Lipinski definition) is 1. The minimum atomic E-state index is 0.0707. The van der Waals surface area contributed by atoms with E-state index in [2.05, 4.69) is 22.3 Å². The number of nitrogens with zero attached hydrogens (tertiary/aromatic N) is 4. The van der Waals surface area contributed by atoms with Crippen molar-refractivity contribution in [3.05, 3.63) is 59.7 Å². The Morgan fingerprint density at radius 1 is 1.14 bits per heavy atom. The van der Waals surface area contributed by atoms with Gasteiger partial charge in [0.2, 0.25) is 11.1 Å². The first-order valence-electron chi connectivity index (χ1n) is 8.98. The number of methoxy groups -OCH3 is 1. The summed E-state index contributed by atoms with van der Waals surface area (Å²) in [6.07, 6.45) is 0.887. The lowest BCUT2D eigenvalue weighted by molar-refractivity contribution is -0.129. The van der Waals surface area contributed by atoms with Crippen molar-refractivity contribution in [1.29, 1.82) is 0 Å². The lowest BCUT2D eigenvalue weighted by Gasteiger charge is -2.28. The van der Waals surface area contributed by atoms with Crippen LogP contribution in [0.4, 0.5) is 0 Å². The molecule has 0 spiro atoms. The Bertz CT molecular complexity index is 1000. The van der Waals surface area contributed by atoms with E-state index >= 15 is 0 Å². The predicted molar refractivity (Wildman–Crippen MR) is 108 cm³/mol. The number of hydrogen-bond acceptors (Lipinski definition) is 6. The zero-order chi connectivity index (χ0) is 19.5. The first kappa shape index (κ1) is 18.4. The highest BCUT2D eigenvalue weighted by molar-refractivity contribution is 7.99. The molecule has 28 heavy (non-hydrogen) atoms. The number of carbonyl (C=O) groups excluding carboxylic acids is 1. The second-order valence-corrected chi connectivity index (χ2v) is 7.44. The lowest BCUT2D eigenvalue weighted by atomic mass is 10.00. The number of ether oxygens (including phenoxy) is 1. The molecule has 4 rings (SSSR count). The topological polar surface area (TPSA) is 86.3 Å². The van der Waals surface area contributed by atoms with Crippen LogP contribution in [0.1, 0.15) is 11.1 Å². The molecule has 0 aliphatic carbocycles. The summed E-state index contributed by atoms with van der Waals surface area (Å²) in [4.78, 5) is 14.5. The largest absolute Gasteiger partial charge is 0.496 e. The maximum absolute atomic E-state index is 12.7. The van der Waals surface area contributed by atoms with Crippen LogP contribution in [0.5, 0.6) is 5.75 Å². The highest BCUT2D eigenvalue weighted by atomic mass is 32.2. The van der Waals surface area contributed by atoms with Gasteiger partial charge in [0.1, 0.15) is 5.75 Å². The Morgan fingerprint density at radius 3 is 2.71 bits per heavy atom. The molecular formula is C20H21N5O2S. The number of carbonyl (C=O) groups is 1. The van der Waals surface area contributed by atoms with E-state index in [1.54, 1.807) is 7.11 Å². The molecule has 0 unspecified atom stereocenters. The van der Waals surface area contributed by atoms with Gasteiger partial charge in [-0.05, 0) is 29.7 Å². The molecule has 1 aliphatic rings. The predicted octanol–water partition coefficient (Wildman–Crippen LogP) is 2.34. The maximum Gasteiger partial charge on any atom is 0.233 e. The standard InChI is InChI=1S/C20H21N5O2S/c1-27-17-9-5-4-8-16(17)19-22-23-20(25(19)21)28-13-18(26)24-11-10-14-6-2-3-7-15(14)12-24/h2-9H,10-13,21H2,1H3. The third kappa shape index (κ3) is 3.55. The quantitative estimate of drug-likeness (QED) is 0.527. The van der Waals surface area contributed by atoms with Gasteiger partial charge >= 0.3 is 0 Å². The molecule has 2 aromatic carbocycles. The zero-order valence-corrected chi connectivity index (χ0v) is 16.4. The summed E-state index contributed by atoms with van der Waals surface area (Å²) in [5, 5.41) is 8.81. The molecule has 0 radical (unpaired) electrons. The molecule has 7 nitrogen and oxygen atoms in total. The fourth-order valence-corrected chi connectivity index (χ4v) is 4.07. The highest BCUT2D eigenvalue weighted by Crippen LogP contribution is 2.29. The summed E-state index contributed by atoms with van der Waals surface area (Å²) in [6.45, 7) is 1.38. The lowest BCUT2D eigenvalue weighted by Crippen LogP contribution is -2.37. The number of aromatic nitrogens is 3. The number of nitrogen functional groups attached to an aromatic ring is 1. The van der Waals surface area contributed by atoms with Gasteiger partial charge in [-0.25, -0.2) is 4.68 Å². The molecule has 0 atom stereocenters. The average Bonchev–Trinajstić information content (AvgIpc) is 3.11. The van der Waals surface area contributed by atoms with E-state index in [1.807, 2.05) is 41.3 Å². The van der Waals surface area contributed by atoms with Crippen molar-refractivity contribution in [2.75, 3.05) is 25.3 Å². The number of benzene rings is 2. The Labute approximate surface area is 167 Å². The van der Waals surface area contributed by atoms with Gasteiger partial charge in [-0.1, -0.05) is 48.2 Å². The summed E-state index contributed by atoms with van der Waals surface area (Å²) in [7, 11) is 1.60. The van der Waals surface area contributed by atoms with E-state index in [-0.39, 0.29) is 11.7 Å². The minimum absolute atomic E-state index is 0.0707. The minimum Gasteiger partial charge on any atom is -0.496 e. The number of para-hydroxylation sites is 1. The van der Waals surface area contributed by atoms with Crippen LogP contribution in [0.15, 0.2) is 53.7 Å². The number of rotatable bonds is 5. The fourth-order valence-electron chi connectivity index (χ4n) is 3.31. The molecule has 0 bridgehead atoms. The average molecular weight is 395 g/mol. The molecule has 0 saturated heterocycles. The van der Waals surface area contributed by atoms with Crippen LogP contribution in [0, 0.1) is 0 Å². The summed E-state index contributed by atoms with van der Waals surface area (Å²) in [6, 6.07) is 15.7. The molecule has 8 heteroatoms. The van der Waals surface area contributed by atoms with E-state index < -0.39 is 0 Å². The third-order valence-electron chi connectivity index (χ3n) is 4.82. The molecule has 1 amide bonds. The number of nitrogens with two attached hydrogens (primary N) is 1. The number of thioether (sulfide) groups is 1. The van der Waals surface area contributed by atoms with Crippen molar-refractivity contribution in [2.45, 2.75) is 18.1 Å². The first-order valence-corrected chi connectivity index (χ1v) is 9.97. The van der Waals surface area contributed by atoms with Crippen molar-refractivity contribution in [1.82, 2.24) is 19.8 Å². The molecule has 2 N–H and O–H groups in total. The van der Waals surface area contributed by atoms with Gasteiger partial charge < -0.3 is 15.5 Å². The molecule has 1 aliphatic heterocycles. The van der Waals surface area contributed by atoms with Gasteiger partial charge in [0.05, 0.1) is 18.4 Å². The molecule has 3 aromatic rings. The van der Waals surface area contributed by atoms with Crippen LogP contribution in [0.2, 0.25) is 0 Å². The van der Waals surface area contributed by atoms with Crippen LogP contribution in [-0.4, -0.2) is 45.1 Å². The van der Waals surface area contributed by atoms with E-state index in [1.165, 1.54) is 27.6 Å². The Kier molecular flexibility index (Phi) is 5.21. The second-order valence-electron chi connectivity index (χ2n) is 6.50. The fraction of sp³-hybridized carbons (Fsp3) is 0.250. The van der Waals surface area contributed by atoms with E-state index in [9.17, 15) is 4.79 Å². The number of fused-ring (bicyclic) bond motifs is 1. The van der Waals surface area contributed by atoms with Gasteiger partial charge in [-0.15, -0.1) is 10.2 Å². The smallest absolute Gasteiger partial charge is 0.233 e. The van der Waals surface area contributed by atoms with E-state index in [4.69, 9.17) is 10.6 Å². The van der Waals surface area contributed by atoms with Gasteiger partial charge in [-0.3, -0.25) is 4.79 Å². The van der Waals surface area contributed by atoms with Crippen molar-refractivity contribution < 1.29 is 9.53 Å². The molecule has 0 fully saturated rings. The molecule has 0 saturated carbocycles. The molecule has 2 heterocycles. The van der Waals surface area contributed by atoms with Crippen LogP contribution >= 0.6 is 11.8 Å². The summed E-state index contributed by atoms with van der Waals surface area (Å²) in [5.74, 6) is 7.68. The van der Waals surface area contributed by atoms with Crippen LogP contribution in [-0.2, 0) is 17.8 Å². The second kappa shape index (κ2) is 7.93. The Balaban J connectivity index is 1.43. The summed E-state index contributed by atoms with van der Waals surface area (Å²) in [5.41, 5.74) is 3.29. The third-order valence-corrected chi connectivity index (χ3v) is 5.75. The van der Waals surface area contributed by atoms with Gasteiger partial charge in [0.15, 0.2) is 5.82 Å². The molecule has 1 aromatic heterocycles. The Hall–Kier alpha value is -3.00. The van der Waals surface area contributed by atoms with E-state index in [0.717, 1.165) is 18.5 Å². The summed E-state index contributed by atoms with van der Waals surface area (Å²) < 4.78 is 6.77. The van der Waals surface area contributed by atoms with Gasteiger partial charge in [0.25, 0.3) is 0 Å². The normalized spacial score (nSPS) is 13.2. The zero-order valence-electron chi connectivity index (χ0n) is 15.5. The molecule has 144 valence electrons. The van der Waals surface area contributed by atoms with Crippen molar-refractivity contribution in [3.63, 3.8) is 0 Å². The van der Waals surface area contributed by atoms with Crippen LogP contribution in [0.3, 0.4) is 0 Å². The highest BCUT2D eigenvalue weighted by Gasteiger charge is 2.22. The molecular weight excluding hydrogens is 374 g/mol. The van der Waals surface area contributed by atoms with Crippen LogP contribution < -0.4 is 10.6 Å². The van der Waals surface area contributed by atoms with E-state index in [0.29, 0.717) is 23.3 Å². The number of amides is 1. The van der Waals surface area contributed by atoms with Gasteiger partial charge in [-0.2, -0.15) is 0 Å². The van der Waals surface area contributed by atoms with Crippen molar-refractivity contribution >= 4 is 17.7 Å².